The molecule has 0 radical (unpaired) electrons. The summed E-state index contributed by atoms with van der Waals surface area (Å²) in [5.74, 6) is -0.172. The predicted molar refractivity (Wildman–Crippen MR) is 328 cm³/mol. The third-order valence-electron chi connectivity index (χ3n) is 15.4. The van der Waals surface area contributed by atoms with E-state index in [1.54, 1.807) is 6.08 Å². The minimum Gasteiger partial charge on any atom is -0.387 e. The largest absolute Gasteiger partial charge is 0.472 e. The summed E-state index contributed by atoms with van der Waals surface area (Å²) in [4.78, 5) is 23.4. The second-order valence-electron chi connectivity index (χ2n) is 24.2. The molecule has 0 aromatic carbocycles. The Bertz CT molecular complexity index is 1270. The number of hydrogen-bond acceptors (Lipinski definition) is 5. The number of rotatable bonds is 62. The van der Waals surface area contributed by atoms with E-state index in [1.165, 1.54) is 289 Å². The van der Waals surface area contributed by atoms with Crippen LogP contribution in [0.5, 0.6) is 0 Å². The minimum absolute atomic E-state index is 0.0635. The Labute approximate surface area is 468 Å². The highest BCUT2D eigenvalue weighted by molar-refractivity contribution is 7.47. The number of allylic oxidation sites excluding steroid dienone is 3. The van der Waals surface area contributed by atoms with Crippen molar-refractivity contribution in [2.75, 3.05) is 40.9 Å². The van der Waals surface area contributed by atoms with Crippen LogP contribution >= 0.6 is 7.82 Å². The number of aliphatic hydroxyl groups is 1. The molecule has 3 atom stereocenters. The number of unbranched alkanes of at least 4 members (excludes halogenated alkanes) is 47. The zero-order chi connectivity index (χ0) is 54.9. The molecule has 1 amide bonds. The van der Waals surface area contributed by atoms with Crippen LogP contribution in [0.3, 0.4) is 0 Å². The van der Waals surface area contributed by atoms with Crippen LogP contribution < -0.4 is 5.32 Å². The van der Waals surface area contributed by atoms with Gasteiger partial charge in [0.25, 0.3) is 0 Å². The van der Waals surface area contributed by atoms with Crippen molar-refractivity contribution in [2.45, 2.75) is 353 Å². The summed E-state index contributed by atoms with van der Waals surface area (Å²) in [5.41, 5.74) is 0. The minimum atomic E-state index is -4.35. The first-order valence-corrected chi connectivity index (χ1v) is 34.7. The van der Waals surface area contributed by atoms with Crippen LogP contribution in [-0.2, 0) is 18.4 Å². The van der Waals surface area contributed by atoms with Crippen LogP contribution in [0.15, 0.2) is 24.3 Å². The van der Waals surface area contributed by atoms with Gasteiger partial charge in [0.15, 0.2) is 0 Å². The van der Waals surface area contributed by atoms with Gasteiger partial charge >= 0.3 is 7.82 Å². The Kier molecular flexibility index (Phi) is 56.9. The van der Waals surface area contributed by atoms with Crippen molar-refractivity contribution in [1.29, 1.82) is 0 Å². The summed E-state index contributed by atoms with van der Waals surface area (Å²) < 4.78 is 23.8. The highest BCUT2D eigenvalue weighted by Gasteiger charge is 2.28. The Morgan fingerprint density at radius 2 is 0.720 bits per heavy atom. The first kappa shape index (κ1) is 74.0. The van der Waals surface area contributed by atoms with Crippen molar-refractivity contribution in [2.24, 2.45) is 0 Å². The Balaban J connectivity index is 4.08. The zero-order valence-electron chi connectivity index (χ0n) is 51.1. The number of nitrogens with one attached hydrogen (secondary N) is 1. The standard InChI is InChI=1S/C66H131N2O6P/c1-6-8-10-12-14-16-18-20-22-24-26-28-30-31-32-33-34-35-36-38-39-41-43-45-47-49-51-53-55-57-59-65(69)64(63-74-75(71,72)73-62-61-68(3,4)5)67-66(70)60-58-56-54-52-50-48-46-44-42-40-37-29-27-25-23-21-19-17-15-13-11-9-7-2/h25,27,57,59,64-65,69H,6-24,26,28-56,58,60-63H2,1-5H3,(H-,67,70,71,72)/p+1/b27-25-,59-57+. The second kappa shape index (κ2) is 57.7. The fourth-order valence-electron chi connectivity index (χ4n) is 10.2. The monoisotopic (exact) mass is 1080 g/mol. The smallest absolute Gasteiger partial charge is 0.387 e. The van der Waals surface area contributed by atoms with Gasteiger partial charge in [0, 0.05) is 6.42 Å². The van der Waals surface area contributed by atoms with E-state index in [0.29, 0.717) is 17.4 Å². The lowest BCUT2D eigenvalue weighted by Crippen LogP contribution is -2.45. The Morgan fingerprint density at radius 3 is 1.03 bits per heavy atom. The molecule has 9 heteroatoms. The first-order chi connectivity index (χ1) is 36.5. The molecule has 446 valence electrons. The van der Waals surface area contributed by atoms with E-state index in [1.807, 2.05) is 27.2 Å². The number of hydrogen-bond donors (Lipinski definition) is 3. The fraction of sp³-hybridized carbons (Fsp3) is 0.924. The van der Waals surface area contributed by atoms with Crippen LogP contribution in [0.4, 0.5) is 0 Å². The molecule has 3 N–H and O–H groups in total. The lowest BCUT2D eigenvalue weighted by Gasteiger charge is -2.25. The van der Waals surface area contributed by atoms with Gasteiger partial charge in [0.05, 0.1) is 39.9 Å². The van der Waals surface area contributed by atoms with E-state index >= 15 is 0 Å². The van der Waals surface area contributed by atoms with Crippen molar-refractivity contribution in [1.82, 2.24) is 5.32 Å². The number of nitrogens with zero attached hydrogens (tertiary/aromatic N) is 1. The molecular formula is C66H132N2O6P+. The van der Waals surface area contributed by atoms with Crippen LogP contribution in [0, 0.1) is 0 Å². The SMILES string of the molecule is CCCCCCCCCC/C=C\CCCCCCCCCCCCCC(=O)NC(COP(=O)(O)OCC[N+](C)(C)C)C(O)/C=C/CCCCCCCCCCCCCCCCCCCCCCCCCCCCCC. The molecule has 3 unspecified atom stereocenters. The number of quaternary nitrogens is 1. The molecule has 0 aliphatic rings. The third-order valence-corrected chi connectivity index (χ3v) is 16.4. The van der Waals surface area contributed by atoms with Crippen molar-refractivity contribution in [3.8, 4) is 0 Å². The highest BCUT2D eigenvalue weighted by atomic mass is 31.2. The van der Waals surface area contributed by atoms with Gasteiger partial charge in [0.1, 0.15) is 13.2 Å². The maximum atomic E-state index is 13.0. The molecule has 0 bridgehead atoms. The molecular weight excluding hydrogens is 948 g/mol. The van der Waals surface area contributed by atoms with E-state index in [4.69, 9.17) is 9.05 Å². The number of carbonyl (C=O) groups is 1. The van der Waals surface area contributed by atoms with E-state index in [9.17, 15) is 19.4 Å². The lowest BCUT2D eigenvalue weighted by molar-refractivity contribution is -0.870. The maximum Gasteiger partial charge on any atom is 0.472 e. The number of amides is 1. The molecule has 0 spiro atoms. The number of phosphoric ester groups is 1. The zero-order valence-corrected chi connectivity index (χ0v) is 52.0. The van der Waals surface area contributed by atoms with Crippen molar-refractivity contribution < 1.29 is 32.9 Å². The van der Waals surface area contributed by atoms with Crippen molar-refractivity contribution in [3.63, 3.8) is 0 Å². The summed E-state index contributed by atoms with van der Waals surface area (Å²) >= 11 is 0. The first-order valence-electron chi connectivity index (χ1n) is 33.2. The second-order valence-corrected chi connectivity index (χ2v) is 25.7. The fourth-order valence-corrected chi connectivity index (χ4v) is 11.0. The molecule has 0 aliphatic heterocycles. The van der Waals surface area contributed by atoms with Gasteiger partial charge in [-0.05, 0) is 44.9 Å². The van der Waals surface area contributed by atoms with Crippen LogP contribution in [0.1, 0.15) is 341 Å². The van der Waals surface area contributed by atoms with Gasteiger partial charge in [-0.25, -0.2) is 4.57 Å². The van der Waals surface area contributed by atoms with E-state index in [0.717, 1.165) is 32.1 Å². The van der Waals surface area contributed by atoms with Gasteiger partial charge < -0.3 is 19.8 Å². The normalized spacial score (nSPS) is 13.9. The number of carbonyl (C=O) groups excluding carboxylic acids is 1. The van der Waals surface area contributed by atoms with Gasteiger partial charge in [-0.1, -0.05) is 314 Å². The lowest BCUT2D eigenvalue weighted by atomic mass is 10.0. The van der Waals surface area contributed by atoms with Crippen molar-refractivity contribution >= 4 is 13.7 Å². The molecule has 0 rings (SSSR count). The molecule has 0 fully saturated rings. The van der Waals surface area contributed by atoms with Crippen molar-refractivity contribution in [3.05, 3.63) is 24.3 Å². The third kappa shape index (κ3) is 60.5. The quantitative estimate of drug-likeness (QED) is 0.0243. The Hall–Kier alpha value is -1.02. The molecule has 0 saturated carbocycles. The average Bonchev–Trinajstić information content (AvgIpc) is 3.37. The van der Waals surface area contributed by atoms with Gasteiger partial charge in [-0.2, -0.15) is 0 Å². The van der Waals surface area contributed by atoms with Gasteiger partial charge in [-0.15, -0.1) is 0 Å². The molecule has 8 nitrogen and oxygen atoms in total. The van der Waals surface area contributed by atoms with Crippen LogP contribution in [0.2, 0.25) is 0 Å². The molecule has 0 aliphatic carbocycles. The Morgan fingerprint density at radius 1 is 0.440 bits per heavy atom. The molecule has 0 heterocycles. The van der Waals surface area contributed by atoms with E-state index < -0.39 is 20.0 Å². The maximum absolute atomic E-state index is 13.0. The summed E-state index contributed by atoms with van der Waals surface area (Å²) in [7, 11) is 1.59. The summed E-state index contributed by atoms with van der Waals surface area (Å²) in [6, 6.07) is -0.846. The number of phosphoric acid groups is 1. The van der Waals surface area contributed by atoms with Crippen LogP contribution in [-0.4, -0.2) is 73.4 Å². The average molecular weight is 1080 g/mol. The van der Waals surface area contributed by atoms with Crippen LogP contribution in [0.25, 0.3) is 0 Å². The predicted octanol–water partition coefficient (Wildman–Crippen LogP) is 20.7. The molecule has 0 saturated heterocycles. The molecule has 0 aromatic rings. The summed E-state index contributed by atoms with van der Waals surface area (Å²) in [6.45, 7) is 4.87. The summed E-state index contributed by atoms with van der Waals surface area (Å²) in [5, 5.41) is 14.0. The molecule has 75 heavy (non-hydrogen) atoms. The van der Waals surface area contributed by atoms with E-state index in [-0.39, 0.29) is 19.1 Å². The van der Waals surface area contributed by atoms with Gasteiger partial charge in [0.2, 0.25) is 5.91 Å². The van der Waals surface area contributed by atoms with E-state index in [2.05, 4.69) is 31.3 Å². The topological polar surface area (TPSA) is 105 Å². The number of aliphatic hydroxyl groups excluding tert-OH is 1. The highest BCUT2D eigenvalue weighted by Crippen LogP contribution is 2.43. The summed E-state index contributed by atoms with van der Waals surface area (Å²) in [6.07, 6.45) is 74.5. The number of likely N-dealkylation sites (N-methyl/N-ethyl adjacent to an activating group) is 1. The molecule has 0 aromatic heterocycles. The van der Waals surface area contributed by atoms with Gasteiger partial charge in [-0.3, -0.25) is 13.8 Å².